The molecule has 0 bridgehead atoms. The van der Waals surface area contributed by atoms with Gasteiger partial charge in [-0.05, 0) is 30.9 Å². The van der Waals surface area contributed by atoms with Gasteiger partial charge < -0.3 is 4.89 Å². The second-order valence-electron chi connectivity index (χ2n) is 5.46. The van der Waals surface area contributed by atoms with Crippen LogP contribution in [0.15, 0.2) is 30.3 Å². The van der Waals surface area contributed by atoms with E-state index in [0.717, 1.165) is 11.8 Å². The van der Waals surface area contributed by atoms with Crippen molar-refractivity contribution in [2.45, 2.75) is 31.7 Å². The van der Waals surface area contributed by atoms with Crippen molar-refractivity contribution in [1.82, 2.24) is 9.76 Å². The highest BCUT2D eigenvalue weighted by Crippen LogP contribution is 2.54. The summed E-state index contributed by atoms with van der Waals surface area (Å²) in [6.07, 6.45) is 5.07. The molecule has 2 fully saturated rings. The molecule has 3 atom stereocenters. The monoisotopic (exact) mass is 264 g/mol. The van der Waals surface area contributed by atoms with Gasteiger partial charge in [-0.15, -0.1) is 0 Å². The van der Waals surface area contributed by atoms with Crippen LogP contribution in [-0.4, -0.2) is 24.3 Å². The van der Waals surface area contributed by atoms with Gasteiger partial charge in [-0.1, -0.05) is 31.0 Å². The second kappa shape index (κ2) is 4.90. The summed E-state index contributed by atoms with van der Waals surface area (Å²) in [4.78, 5) is 13.2. The minimum Gasteiger partial charge on any atom is -0.647 e. The Morgan fingerprint density at radius 3 is 2.72 bits per heavy atom. The highest BCUT2D eigenvalue weighted by atomic mass is 31.2. The standard InChI is InChI=1S/C14H21N2OP/c1-16-14-10-6-5-7-12(14)11-15-18(16,17)13-8-3-2-4-9-13/h2-4,8-9,12,14H,5-7,10-11H2,1H3,(H,15,17)/t12-,14-,18?/m1/s1. The fourth-order valence-corrected chi connectivity index (χ4v) is 5.93. The zero-order chi connectivity index (χ0) is 12.6. The maximum atomic E-state index is 13.2. The van der Waals surface area contributed by atoms with E-state index >= 15 is 0 Å². The van der Waals surface area contributed by atoms with Gasteiger partial charge in [0.15, 0.2) is 0 Å². The number of hydrogen-bond donors (Lipinski definition) is 1. The largest absolute Gasteiger partial charge is 0.647 e. The van der Waals surface area contributed by atoms with Crippen molar-refractivity contribution in [3.05, 3.63) is 30.3 Å². The minimum absolute atomic E-state index is 0.492. The molecule has 1 saturated heterocycles. The van der Waals surface area contributed by atoms with E-state index in [2.05, 4.69) is 9.76 Å². The summed E-state index contributed by atoms with van der Waals surface area (Å²) < 4.78 is 2.13. The fourth-order valence-electron chi connectivity index (χ4n) is 3.38. The van der Waals surface area contributed by atoms with Crippen LogP contribution in [0.4, 0.5) is 0 Å². The number of hydrogen-bond acceptors (Lipinski definition) is 3. The molecular weight excluding hydrogens is 243 g/mol. The van der Waals surface area contributed by atoms with Gasteiger partial charge in [0.05, 0.1) is 6.04 Å². The zero-order valence-electron chi connectivity index (χ0n) is 10.9. The first kappa shape index (κ1) is 12.6. The lowest BCUT2D eigenvalue weighted by molar-refractivity contribution is -0.186. The molecule has 98 valence electrons. The molecule has 1 aliphatic heterocycles. The quantitative estimate of drug-likeness (QED) is 0.782. The van der Waals surface area contributed by atoms with Crippen LogP contribution in [0.5, 0.6) is 0 Å². The highest BCUT2D eigenvalue weighted by molar-refractivity contribution is 7.72. The van der Waals surface area contributed by atoms with E-state index in [-0.39, 0.29) is 0 Å². The maximum absolute atomic E-state index is 13.2. The highest BCUT2D eigenvalue weighted by Gasteiger charge is 2.47. The first-order valence-electron chi connectivity index (χ1n) is 6.86. The number of fused-ring (bicyclic) bond motifs is 1. The SMILES string of the molecule is CN1[C@@H]2CCCC[C@@H]2CN[P+]1([O-])c1ccccc1. The smallest absolute Gasteiger partial charge is 0.138 e. The first-order valence-corrected chi connectivity index (χ1v) is 8.52. The molecule has 1 saturated carbocycles. The van der Waals surface area contributed by atoms with Crippen LogP contribution in [0.2, 0.25) is 0 Å². The van der Waals surface area contributed by atoms with Crippen molar-refractivity contribution in [1.29, 1.82) is 0 Å². The molecule has 1 unspecified atom stereocenters. The van der Waals surface area contributed by atoms with Crippen molar-refractivity contribution in [3.63, 3.8) is 0 Å². The third-order valence-electron chi connectivity index (χ3n) is 4.47. The molecule has 2 aliphatic rings. The first-order chi connectivity index (χ1) is 8.72. The van der Waals surface area contributed by atoms with Crippen LogP contribution >= 0.6 is 7.79 Å². The molecular formula is C14H21N2OP. The minimum atomic E-state index is -2.56. The van der Waals surface area contributed by atoms with Crippen molar-refractivity contribution in [2.75, 3.05) is 13.6 Å². The lowest BCUT2D eigenvalue weighted by Crippen LogP contribution is -2.57. The number of rotatable bonds is 1. The summed E-state index contributed by atoms with van der Waals surface area (Å²) >= 11 is 0. The molecule has 1 N–H and O–H groups in total. The van der Waals surface area contributed by atoms with E-state index in [4.69, 9.17) is 0 Å². The lowest BCUT2D eigenvalue weighted by Gasteiger charge is -2.50. The topological polar surface area (TPSA) is 38.3 Å². The molecule has 1 aliphatic carbocycles. The van der Waals surface area contributed by atoms with Crippen molar-refractivity contribution >= 4 is 13.1 Å². The van der Waals surface area contributed by atoms with Gasteiger partial charge in [-0.3, -0.25) is 0 Å². The molecule has 4 heteroatoms. The Balaban J connectivity index is 1.89. The number of nitrogens with zero attached hydrogens (tertiary/aromatic N) is 1. The molecule has 18 heavy (non-hydrogen) atoms. The van der Waals surface area contributed by atoms with E-state index < -0.39 is 7.79 Å². The Hall–Kier alpha value is -0.470. The summed E-state index contributed by atoms with van der Waals surface area (Å²) in [7, 11) is -0.532. The average Bonchev–Trinajstić information content (AvgIpc) is 2.44. The van der Waals surface area contributed by atoms with Crippen molar-refractivity contribution < 1.29 is 4.89 Å². The van der Waals surface area contributed by atoms with Crippen LogP contribution < -0.4 is 15.3 Å². The van der Waals surface area contributed by atoms with E-state index in [1.807, 2.05) is 37.4 Å². The summed E-state index contributed by atoms with van der Waals surface area (Å²) in [6, 6.07) is 10.4. The van der Waals surface area contributed by atoms with E-state index in [1.165, 1.54) is 25.7 Å². The predicted octanol–water partition coefficient (Wildman–Crippen LogP) is 1.53. The molecule has 3 nitrogen and oxygen atoms in total. The van der Waals surface area contributed by atoms with Crippen LogP contribution in [-0.2, 0) is 0 Å². The van der Waals surface area contributed by atoms with Gasteiger partial charge in [0.2, 0.25) is 0 Å². The Morgan fingerprint density at radius 2 is 1.94 bits per heavy atom. The second-order valence-corrected chi connectivity index (χ2v) is 8.07. The molecule has 0 aromatic heterocycles. The third kappa shape index (κ3) is 2.00. The number of benzene rings is 1. The van der Waals surface area contributed by atoms with E-state index in [1.54, 1.807) is 0 Å². The van der Waals surface area contributed by atoms with Gasteiger partial charge in [0, 0.05) is 13.6 Å². The molecule has 0 amide bonds. The number of nitrogens with one attached hydrogen (secondary N) is 1. The average molecular weight is 264 g/mol. The molecule has 1 aromatic carbocycles. The van der Waals surface area contributed by atoms with Crippen molar-refractivity contribution in [2.24, 2.45) is 5.92 Å². The summed E-state index contributed by atoms with van der Waals surface area (Å²) in [6.45, 7) is 0.904. The molecule has 1 aromatic rings. The van der Waals surface area contributed by atoms with Crippen LogP contribution in [0.1, 0.15) is 25.7 Å². The Morgan fingerprint density at radius 1 is 1.22 bits per heavy atom. The summed E-state index contributed by atoms with van der Waals surface area (Å²) in [5, 5.41) is 4.28. The van der Waals surface area contributed by atoms with Gasteiger partial charge in [0.1, 0.15) is 13.1 Å². The van der Waals surface area contributed by atoms with Crippen molar-refractivity contribution in [3.8, 4) is 0 Å². The van der Waals surface area contributed by atoms with E-state index in [9.17, 15) is 4.89 Å². The van der Waals surface area contributed by atoms with E-state index in [0.29, 0.717) is 12.0 Å². The lowest BCUT2D eigenvalue weighted by atomic mass is 9.84. The van der Waals surface area contributed by atoms with Gasteiger partial charge in [-0.25, -0.2) is 0 Å². The Labute approximate surface area is 110 Å². The Bertz CT molecular complexity index is 414. The molecule has 1 heterocycles. The molecule has 0 spiro atoms. The van der Waals surface area contributed by atoms with Gasteiger partial charge in [-0.2, -0.15) is 9.76 Å². The van der Waals surface area contributed by atoms with Crippen LogP contribution in [0.25, 0.3) is 0 Å². The molecule has 0 radical (unpaired) electrons. The third-order valence-corrected chi connectivity index (χ3v) is 7.26. The summed E-state index contributed by atoms with van der Waals surface area (Å²) in [5.41, 5.74) is 0. The normalized spacial score (nSPS) is 37.2. The van der Waals surface area contributed by atoms with Crippen LogP contribution in [0.3, 0.4) is 0 Å². The predicted molar refractivity (Wildman–Crippen MR) is 74.5 cm³/mol. The zero-order valence-corrected chi connectivity index (χ0v) is 11.8. The maximum Gasteiger partial charge on any atom is 0.138 e. The fraction of sp³-hybridized carbons (Fsp3) is 0.571. The van der Waals surface area contributed by atoms with Crippen LogP contribution in [0, 0.1) is 5.92 Å². The van der Waals surface area contributed by atoms with Gasteiger partial charge in [0.25, 0.3) is 0 Å². The molecule has 3 rings (SSSR count). The van der Waals surface area contributed by atoms with Gasteiger partial charge >= 0.3 is 0 Å². The summed E-state index contributed by atoms with van der Waals surface area (Å²) in [5.74, 6) is 0.675. The Kier molecular flexibility index (Phi) is 3.42.